The summed E-state index contributed by atoms with van der Waals surface area (Å²) in [6.07, 6.45) is -0.459. The van der Waals surface area contributed by atoms with Crippen molar-refractivity contribution in [2.24, 2.45) is 0 Å². The lowest BCUT2D eigenvalue weighted by Crippen LogP contribution is -2.38. The van der Waals surface area contributed by atoms with Gasteiger partial charge in [-0.3, -0.25) is 4.79 Å². The second-order valence-electron chi connectivity index (χ2n) is 4.62. The number of rotatable bonds is 5. The summed E-state index contributed by atoms with van der Waals surface area (Å²) in [5.74, 6) is -0.0393. The van der Waals surface area contributed by atoms with Gasteiger partial charge in [0.1, 0.15) is 6.10 Å². The molecular formula is C17H19NO2. The summed E-state index contributed by atoms with van der Waals surface area (Å²) in [7, 11) is 1.55. The van der Waals surface area contributed by atoms with Crippen molar-refractivity contribution in [2.75, 3.05) is 12.0 Å². The van der Waals surface area contributed by atoms with Crippen LogP contribution in [0.1, 0.15) is 12.5 Å². The Balaban J connectivity index is 2.27. The van der Waals surface area contributed by atoms with Gasteiger partial charge in [0.2, 0.25) is 0 Å². The summed E-state index contributed by atoms with van der Waals surface area (Å²) >= 11 is 0. The average Bonchev–Trinajstić information content (AvgIpc) is 2.53. The van der Waals surface area contributed by atoms with Gasteiger partial charge in [-0.05, 0) is 24.6 Å². The Kier molecular flexibility index (Phi) is 4.91. The van der Waals surface area contributed by atoms with Crippen LogP contribution in [-0.2, 0) is 16.1 Å². The zero-order chi connectivity index (χ0) is 14.4. The standard InChI is InChI=1S/C17H19NO2/c1-14(20-2)17(19)18(16-11-7-4-8-12-16)13-15-9-5-3-6-10-15/h3-12,14H,13H2,1-2H3. The van der Waals surface area contributed by atoms with E-state index in [0.29, 0.717) is 6.54 Å². The van der Waals surface area contributed by atoms with E-state index in [4.69, 9.17) is 4.74 Å². The second-order valence-corrected chi connectivity index (χ2v) is 4.62. The Morgan fingerprint density at radius 1 is 1.05 bits per heavy atom. The van der Waals surface area contributed by atoms with E-state index in [1.54, 1.807) is 18.9 Å². The van der Waals surface area contributed by atoms with Gasteiger partial charge in [-0.15, -0.1) is 0 Å². The van der Waals surface area contributed by atoms with E-state index in [1.165, 1.54) is 0 Å². The molecule has 0 aliphatic carbocycles. The van der Waals surface area contributed by atoms with Crippen LogP contribution in [0.4, 0.5) is 5.69 Å². The average molecular weight is 269 g/mol. The van der Waals surface area contributed by atoms with Crippen LogP contribution < -0.4 is 4.90 Å². The van der Waals surface area contributed by atoms with Gasteiger partial charge >= 0.3 is 0 Å². The Morgan fingerprint density at radius 2 is 1.60 bits per heavy atom. The van der Waals surface area contributed by atoms with Crippen molar-refractivity contribution in [2.45, 2.75) is 19.6 Å². The lowest BCUT2D eigenvalue weighted by molar-refractivity contribution is -0.127. The molecule has 0 spiro atoms. The second kappa shape index (κ2) is 6.87. The summed E-state index contributed by atoms with van der Waals surface area (Å²) < 4.78 is 5.16. The summed E-state index contributed by atoms with van der Waals surface area (Å²) in [4.78, 5) is 14.2. The summed E-state index contributed by atoms with van der Waals surface area (Å²) in [5.41, 5.74) is 1.97. The monoisotopic (exact) mass is 269 g/mol. The van der Waals surface area contributed by atoms with Crippen LogP contribution in [0.5, 0.6) is 0 Å². The predicted octanol–water partition coefficient (Wildman–Crippen LogP) is 3.25. The molecule has 1 atom stereocenters. The first-order valence-electron chi connectivity index (χ1n) is 6.65. The summed E-state index contributed by atoms with van der Waals surface area (Å²) in [6.45, 7) is 2.31. The topological polar surface area (TPSA) is 29.5 Å². The summed E-state index contributed by atoms with van der Waals surface area (Å²) in [6, 6.07) is 19.6. The maximum atomic E-state index is 12.5. The van der Waals surface area contributed by atoms with Crippen LogP contribution in [-0.4, -0.2) is 19.1 Å². The van der Waals surface area contributed by atoms with Gasteiger partial charge in [-0.1, -0.05) is 48.5 Å². The first kappa shape index (κ1) is 14.3. The van der Waals surface area contributed by atoms with Crippen LogP contribution in [0.25, 0.3) is 0 Å². The van der Waals surface area contributed by atoms with Gasteiger partial charge in [0.05, 0.1) is 6.54 Å². The van der Waals surface area contributed by atoms with Gasteiger partial charge in [0.25, 0.3) is 5.91 Å². The molecule has 0 aromatic heterocycles. The normalized spacial score (nSPS) is 11.9. The van der Waals surface area contributed by atoms with E-state index >= 15 is 0 Å². The third kappa shape index (κ3) is 3.45. The van der Waals surface area contributed by atoms with Crippen molar-refractivity contribution in [3.8, 4) is 0 Å². The predicted molar refractivity (Wildman–Crippen MR) is 80.5 cm³/mol. The fraction of sp³-hybridized carbons (Fsp3) is 0.235. The third-order valence-electron chi connectivity index (χ3n) is 3.22. The first-order chi connectivity index (χ1) is 9.72. The van der Waals surface area contributed by atoms with Crippen molar-refractivity contribution in [1.82, 2.24) is 0 Å². The van der Waals surface area contributed by atoms with Crippen molar-refractivity contribution < 1.29 is 9.53 Å². The molecule has 2 aromatic carbocycles. The quantitative estimate of drug-likeness (QED) is 0.834. The largest absolute Gasteiger partial charge is 0.372 e. The molecule has 0 fully saturated rings. The molecule has 104 valence electrons. The Hall–Kier alpha value is -2.13. The Bertz CT molecular complexity index is 539. The number of carbonyl (C=O) groups excluding carboxylic acids is 1. The fourth-order valence-electron chi connectivity index (χ4n) is 1.99. The van der Waals surface area contributed by atoms with E-state index in [9.17, 15) is 4.79 Å². The highest BCUT2D eigenvalue weighted by molar-refractivity contribution is 5.96. The van der Waals surface area contributed by atoms with Crippen LogP contribution in [0, 0.1) is 0 Å². The highest BCUT2D eigenvalue weighted by Crippen LogP contribution is 2.18. The van der Waals surface area contributed by atoms with Crippen molar-refractivity contribution in [3.05, 3.63) is 66.2 Å². The number of para-hydroxylation sites is 1. The number of nitrogens with zero attached hydrogens (tertiary/aromatic N) is 1. The van der Waals surface area contributed by atoms with Gasteiger partial charge in [0.15, 0.2) is 0 Å². The van der Waals surface area contributed by atoms with Crippen molar-refractivity contribution >= 4 is 11.6 Å². The smallest absolute Gasteiger partial charge is 0.256 e. The molecule has 3 nitrogen and oxygen atoms in total. The third-order valence-corrected chi connectivity index (χ3v) is 3.22. The zero-order valence-corrected chi connectivity index (χ0v) is 11.8. The molecule has 2 aromatic rings. The minimum absolute atomic E-state index is 0.0393. The van der Waals surface area contributed by atoms with Crippen LogP contribution in [0.15, 0.2) is 60.7 Å². The molecule has 0 radical (unpaired) electrons. The van der Waals surface area contributed by atoms with Gasteiger partial charge < -0.3 is 9.64 Å². The van der Waals surface area contributed by atoms with Crippen LogP contribution in [0.3, 0.4) is 0 Å². The minimum Gasteiger partial charge on any atom is -0.372 e. The van der Waals surface area contributed by atoms with E-state index in [1.807, 2.05) is 60.7 Å². The van der Waals surface area contributed by atoms with E-state index < -0.39 is 6.10 Å². The molecule has 0 bridgehead atoms. The molecule has 0 N–H and O–H groups in total. The van der Waals surface area contributed by atoms with Crippen molar-refractivity contribution in [1.29, 1.82) is 0 Å². The number of methoxy groups -OCH3 is 1. The molecule has 3 heteroatoms. The van der Waals surface area contributed by atoms with Gasteiger partial charge in [-0.2, -0.15) is 0 Å². The van der Waals surface area contributed by atoms with Crippen LogP contribution >= 0.6 is 0 Å². The van der Waals surface area contributed by atoms with Crippen molar-refractivity contribution in [3.63, 3.8) is 0 Å². The number of amides is 1. The minimum atomic E-state index is -0.459. The number of anilines is 1. The van der Waals surface area contributed by atoms with Gasteiger partial charge in [0, 0.05) is 12.8 Å². The molecule has 0 saturated carbocycles. The molecule has 0 aliphatic rings. The first-order valence-corrected chi connectivity index (χ1v) is 6.65. The molecule has 0 aliphatic heterocycles. The molecule has 20 heavy (non-hydrogen) atoms. The molecule has 0 saturated heterocycles. The van der Waals surface area contributed by atoms with E-state index in [-0.39, 0.29) is 5.91 Å². The summed E-state index contributed by atoms with van der Waals surface area (Å²) in [5, 5.41) is 0. The molecule has 1 amide bonds. The van der Waals surface area contributed by atoms with E-state index in [0.717, 1.165) is 11.3 Å². The number of benzene rings is 2. The molecular weight excluding hydrogens is 250 g/mol. The molecule has 0 heterocycles. The number of hydrogen-bond donors (Lipinski definition) is 0. The highest BCUT2D eigenvalue weighted by atomic mass is 16.5. The Labute approximate surface area is 119 Å². The van der Waals surface area contributed by atoms with Crippen LogP contribution in [0.2, 0.25) is 0 Å². The number of ether oxygens (including phenoxy) is 1. The molecule has 1 unspecified atom stereocenters. The highest BCUT2D eigenvalue weighted by Gasteiger charge is 2.21. The Morgan fingerprint density at radius 3 is 2.15 bits per heavy atom. The number of carbonyl (C=O) groups is 1. The maximum Gasteiger partial charge on any atom is 0.256 e. The lowest BCUT2D eigenvalue weighted by Gasteiger charge is -2.25. The molecule has 2 rings (SSSR count). The SMILES string of the molecule is COC(C)C(=O)N(Cc1ccccc1)c1ccccc1. The lowest BCUT2D eigenvalue weighted by atomic mass is 10.1. The van der Waals surface area contributed by atoms with Gasteiger partial charge in [-0.25, -0.2) is 0 Å². The fourth-order valence-corrected chi connectivity index (χ4v) is 1.99. The maximum absolute atomic E-state index is 12.5. The zero-order valence-electron chi connectivity index (χ0n) is 11.8. The van der Waals surface area contributed by atoms with E-state index in [2.05, 4.69) is 0 Å². The number of hydrogen-bond acceptors (Lipinski definition) is 2.